The van der Waals surface area contributed by atoms with E-state index in [1.165, 1.54) is 12.1 Å². The zero-order valence-corrected chi connectivity index (χ0v) is 14.8. The molecule has 1 atom stereocenters. The van der Waals surface area contributed by atoms with E-state index in [2.05, 4.69) is 0 Å². The van der Waals surface area contributed by atoms with Gasteiger partial charge in [-0.05, 0) is 44.4 Å². The molecular weight excluding hydrogens is 336 g/mol. The lowest BCUT2D eigenvalue weighted by Crippen LogP contribution is -2.44. The van der Waals surface area contributed by atoms with E-state index in [-0.39, 0.29) is 48.8 Å². The SMILES string of the molecule is C[C@H]1CCCCN1C(=O)COC(=O)c1cccc(N2C(=O)CCC2=O)c1. The molecule has 3 rings (SSSR count). The molecule has 138 valence electrons. The minimum Gasteiger partial charge on any atom is -0.452 e. The van der Waals surface area contributed by atoms with Gasteiger partial charge in [-0.25, -0.2) is 4.79 Å². The molecule has 0 aliphatic carbocycles. The predicted octanol–water partition coefficient (Wildman–Crippen LogP) is 1.90. The van der Waals surface area contributed by atoms with E-state index in [9.17, 15) is 19.2 Å². The number of carbonyl (C=O) groups is 4. The molecule has 2 aliphatic rings. The average molecular weight is 358 g/mol. The summed E-state index contributed by atoms with van der Waals surface area (Å²) >= 11 is 0. The van der Waals surface area contributed by atoms with Crippen molar-refractivity contribution in [3.63, 3.8) is 0 Å². The Kier molecular flexibility index (Phi) is 5.35. The fraction of sp³-hybridized carbons (Fsp3) is 0.474. The first kappa shape index (κ1) is 18.1. The Labute approximate surface area is 151 Å². The molecule has 0 saturated carbocycles. The van der Waals surface area contributed by atoms with Crippen molar-refractivity contribution in [1.82, 2.24) is 4.90 Å². The van der Waals surface area contributed by atoms with Crippen LogP contribution in [0.15, 0.2) is 24.3 Å². The average Bonchev–Trinajstić information content (AvgIpc) is 2.98. The van der Waals surface area contributed by atoms with Crippen molar-refractivity contribution in [3.05, 3.63) is 29.8 Å². The first-order valence-electron chi connectivity index (χ1n) is 8.90. The maximum Gasteiger partial charge on any atom is 0.338 e. The summed E-state index contributed by atoms with van der Waals surface area (Å²) in [6.45, 7) is 2.37. The van der Waals surface area contributed by atoms with Crippen LogP contribution in [0.5, 0.6) is 0 Å². The second-order valence-electron chi connectivity index (χ2n) is 6.68. The van der Waals surface area contributed by atoms with Gasteiger partial charge in [0, 0.05) is 25.4 Å². The van der Waals surface area contributed by atoms with Gasteiger partial charge in [0.25, 0.3) is 5.91 Å². The van der Waals surface area contributed by atoms with E-state index >= 15 is 0 Å². The summed E-state index contributed by atoms with van der Waals surface area (Å²) in [5.74, 6) is -1.42. The van der Waals surface area contributed by atoms with Crippen LogP contribution in [-0.2, 0) is 19.1 Å². The van der Waals surface area contributed by atoms with Crippen LogP contribution < -0.4 is 4.90 Å². The Bertz CT molecular complexity index is 729. The summed E-state index contributed by atoms with van der Waals surface area (Å²) < 4.78 is 5.14. The predicted molar refractivity (Wildman–Crippen MR) is 93.5 cm³/mol. The van der Waals surface area contributed by atoms with Crippen LogP contribution in [0.4, 0.5) is 5.69 Å². The third-order valence-electron chi connectivity index (χ3n) is 4.84. The van der Waals surface area contributed by atoms with E-state index < -0.39 is 5.97 Å². The number of imide groups is 1. The molecule has 7 heteroatoms. The first-order chi connectivity index (χ1) is 12.5. The fourth-order valence-corrected chi connectivity index (χ4v) is 3.40. The second kappa shape index (κ2) is 7.68. The zero-order valence-electron chi connectivity index (χ0n) is 14.8. The number of ether oxygens (including phenoxy) is 1. The summed E-state index contributed by atoms with van der Waals surface area (Å²) in [6.07, 6.45) is 3.38. The number of esters is 1. The highest BCUT2D eigenvalue weighted by atomic mass is 16.5. The van der Waals surface area contributed by atoms with E-state index in [1.54, 1.807) is 17.0 Å². The van der Waals surface area contributed by atoms with Crippen LogP contribution in [0.3, 0.4) is 0 Å². The first-order valence-corrected chi connectivity index (χ1v) is 8.90. The standard InChI is InChI=1S/C19H22N2O5/c1-13-5-2-3-10-20(13)18(24)12-26-19(25)14-6-4-7-15(11-14)21-16(22)8-9-17(21)23/h4,6-7,11,13H,2-3,5,8-10,12H2,1H3/t13-/m0/s1. The molecule has 2 heterocycles. The highest BCUT2D eigenvalue weighted by molar-refractivity contribution is 6.20. The number of anilines is 1. The summed E-state index contributed by atoms with van der Waals surface area (Å²) in [4.78, 5) is 51.0. The molecule has 0 N–H and O–H groups in total. The summed E-state index contributed by atoms with van der Waals surface area (Å²) in [5.41, 5.74) is 0.553. The molecule has 0 spiro atoms. The smallest absolute Gasteiger partial charge is 0.338 e. The van der Waals surface area contributed by atoms with Crippen molar-refractivity contribution < 1.29 is 23.9 Å². The molecule has 2 aliphatic heterocycles. The van der Waals surface area contributed by atoms with Crippen molar-refractivity contribution in [2.45, 2.75) is 45.1 Å². The second-order valence-corrected chi connectivity index (χ2v) is 6.68. The third-order valence-corrected chi connectivity index (χ3v) is 4.84. The molecule has 1 aromatic carbocycles. The largest absolute Gasteiger partial charge is 0.452 e. The number of carbonyl (C=O) groups excluding carboxylic acids is 4. The summed E-state index contributed by atoms with van der Waals surface area (Å²) in [6, 6.07) is 6.31. The Morgan fingerprint density at radius 1 is 1.15 bits per heavy atom. The van der Waals surface area contributed by atoms with E-state index in [0.717, 1.165) is 24.2 Å². The van der Waals surface area contributed by atoms with Gasteiger partial charge in [-0.2, -0.15) is 0 Å². The van der Waals surface area contributed by atoms with Crippen LogP contribution in [0.2, 0.25) is 0 Å². The quantitative estimate of drug-likeness (QED) is 0.606. The zero-order chi connectivity index (χ0) is 18.7. The maximum absolute atomic E-state index is 12.3. The lowest BCUT2D eigenvalue weighted by Gasteiger charge is -2.33. The van der Waals surface area contributed by atoms with Gasteiger partial charge in [-0.3, -0.25) is 19.3 Å². The number of likely N-dealkylation sites (tertiary alicyclic amines) is 1. The molecule has 1 aromatic rings. The van der Waals surface area contributed by atoms with Gasteiger partial charge in [0.2, 0.25) is 11.8 Å². The Morgan fingerprint density at radius 3 is 2.58 bits per heavy atom. The van der Waals surface area contributed by atoms with Crippen LogP contribution in [0.25, 0.3) is 0 Å². The monoisotopic (exact) mass is 358 g/mol. The molecule has 7 nitrogen and oxygen atoms in total. The Balaban J connectivity index is 1.63. The molecule has 0 unspecified atom stereocenters. The number of rotatable bonds is 4. The van der Waals surface area contributed by atoms with Crippen molar-refractivity contribution in [2.24, 2.45) is 0 Å². The lowest BCUT2D eigenvalue weighted by atomic mass is 10.0. The van der Waals surface area contributed by atoms with Crippen molar-refractivity contribution >= 4 is 29.4 Å². The van der Waals surface area contributed by atoms with E-state index in [0.29, 0.717) is 12.2 Å². The Morgan fingerprint density at radius 2 is 1.88 bits per heavy atom. The third kappa shape index (κ3) is 3.76. The van der Waals surface area contributed by atoms with Gasteiger partial charge in [0.1, 0.15) is 0 Å². The normalized spacial score (nSPS) is 20.4. The molecule has 3 amide bonds. The number of nitrogens with zero attached hydrogens (tertiary/aromatic N) is 2. The number of amides is 3. The molecule has 26 heavy (non-hydrogen) atoms. The minimum absolute atomic E-state index is 0.158. The molecule has 2 fully saturated rings. The lowest BCUT2D eigenvalue weighted by molar-refractivity contribution is -0.137. The topological polar surface area (TPSA) is 84.0 Å². The van der Waals surface area contributed by atoms with Crippen LogP contribution in [0, 0.1) is 0 Å². The van der Waals surface area contributed by atoms with Gasteiger partial charge in [-0.1, -0.05) is 6.07 Å². The maximum atomic E-state index is 12.3. The highest BCUT2D eigenvalue weighted by Gasteiger charge is 2.30. The summed E-state index contributed by atoms with van der Waals surface area (Å²) in [7, 11) is 0. The Hall–Kier alpha value is -2.70. The molecule has 0 radical (unpaired) electrons. The van der Waals surface area contributed by atoms with Gasteiger partial charge in [-0.15, -0.1) is 0 Å². The number of piperidine rings is 1. The van der Waals surface area contributed by atoms with Crippen molar-refractivity contribution in [3.8, 4) is 0 Å². The fourth-order valence-electron chi connectivity index (χ4n) is 3.40. The summed E-state index contributed by atoms with van der Waals surface area (Å²) in [5, 5.41) is 0. The number of hydrogen-bond acceptors (Lipinski definition) is 5. The van der Waals surface area contributed by atoms with Crippen LogP contribution in [0.1, 0.15) is 49.4 Å². The highest BCUT2D eigenvalue weighted by Crippen LogP contribution is 2.23. The number of benzene rings is 1. The van der Waals surface area contributed by atoms with Gasteiger partial charge < -0.3 is 9.64 Å². The van der Waals surface area contributed by atoms with Crippen LogP contribution in [-0.4, -0.2) is 47.8 Å². The number of hydrogen-bond donors (Lipinski definition) is 0. The van der Waals surface area contributed by atoms with Gasteiger partial charge in [0.15, 0.2) is 6.61 Å². The van der Waals surface area contributed by atoms with Crippen molar-refractivity contribution in [2.75, 3.05) is 18.1 Å². The van der Waals surface area contributed by atoms with Crippen LogP contribution >= 0.6 is 0 Å². The molecular formula is C19H22N2O5. The molecule has 2 saturated heterocycles. The molecule has 0 bridgehead atoms. The van der Waals surface area contributed by atoms with E-state index in [1.807, 2.05) is 6.92 Å². The van der Waals surface area contributed by atoms with Crippen molar-refractivity contribution in [1.29, 1.82) is 0 Å². The minimum atomic E-state index is -0.649. The molecule has 0 aromatic heterocycles. The van der Waals surface area contributed by atoms with E-state index in [4.69, 9.17) is 4.74 Å². The van der Waals surface area contributed by atoms with Gasteiger partial charge >= 0.3 is 5.97 Å². The van der Waals surface area contributed by atoms with Gasteiger partial charge in [0.05, 0.1) is 11.3 Å².